The molecule has 2 rings (SSSR count). The first-order valence-corrected chi connectivity index (χ1v) is 7.17. The van der Waals surface area contributed by atoms with Gasteiger partial charge in [-0.15, -0.1) is 0 Å². The number of Topliss-reactive ketones (excluding diaryl/α,β-unsaturated/α-hetero) is 1. The second-order valence-corrected chi connectivity index (χ2v) is 5.81. The van der Waals surface area contributed by atoms with Crippen LogP contribution in [0.15, 0.2) is 23.0 Å². The number of pyridine rings is 1. The number of aromatic nitrogens is 1. The van der Waals surface area contributed by atoms with Gasteiger partial charge in [-0.25, -0.2) is 0 Å². The average Bonchev–Trinajstić information content (AvgIpc) is 2.43. The monoisotopic (exact) mass is 401 g/mol. The first-order chi connectivity index (χ1) is 9.82. The first kappa shape index (κ1) is 15.5. The summed E-state index contributed by atoms with van der Waals surface area (Å²) in [6.45, 7) is 0. The summed E-state index contributed by atoms with van der Waals surface area (Å²) in [5.74, 6) is -2.19. The molecule has 1 aromatic carbocycles. The van der Waals surface area contributed by atoms with Gasteiger partial charge in [0.25, 0.3) is 5.56 Å². The van der Waals surface area contributed by atoms with Gasteiger partial charge in [-0.2, -0.15) is 0 Å². The summed E-state index contributed by atoms with van der Waals surface area (Å²) in [6, 6.07) is 5.13. The molecule has 2 aromatic rings. The number of rotatable bonds is 4. The third kappa shape index (κ3) is 2.92. The van der Waals surface area contributed by atoms with Crippen molar-refractivity contribution in [3.63, 3.8) is 0 Å². The molecule has 21 heavy (non-hydrogen) atoms. The molecule has 0 aliphatic carbocycles. The Morgan fingerprint density at radius 3 is 2.57 bits per heavy atom. The minimum atomic E-state index is -1.13. The second kappa shape index (κ2) is 5.84. The lowest BCUT2D eigenvalue weighted by atomic mass is 10.0. The molecule has 110 valence electrons. The number of aromatic hydroxyl groups is 1. The minimum absolute atomic E-state index is 0.326. The van der Waals surface area contributed by atoms with Gasteiger partial charge in [0.1, 0.15) is 11.3 Å². The molecule has 7 heteroatoms. The molecule has 0 atom stereocenters. The summed E-state index contributed by atoms with van der Waals surface area (Å²) in [4.78, 5) is 34.8. The standard InChI is InChI=1S/C14H12INO5/c1-16-9-3-2-7(15)6-8(9)13(20)12(14(16)21)10(17)4-5-11(18)19/h2-3,6,20H,4-5H2,1H3,(H,18,19). The molecular weight excluding hydrogens is 389 g/mol. The molecule has 0 unspecified atom stereocenters. The Morgan fingerprint density at radius 1 is 1.29 bits per heavy atom. The fraction of sp³-hybridized carbons (Fsp3) is 0.214. The number of carboxylic acids is 1. The van der Waals surface area contributed by atoms with Gasteiger partial charge in [0.2, 0.25) is 0 Å². The van der Waals surface area contributed by atoms with Crippen molar-refractivity contribution in [1.82, 2.24) is 4.57 Å². The highest BCUT2D eigenvalue weighted by Crippen LogP contribution is 2.28. The number of hydrogen-bond donors (Lipinski definition) is 2. The van der Waals surface area contributed by atoms with Gasteiger partial charge in [0.05, 0.1) is 11.9 Å². The maximum Gasteiger partial charge on any atom is 0.303 e. The van der Waals surface area contributed by atoms with Crippen LogP contribution in [0.1, 0.15) is 23.2 Å². The van der Waals surface area contributed by atoms with Crippen LogP contribution in [0, 0.1) is 3.57 Å². The number of aryl methyl sites for hydroxylation is 1. The number of carboxylic acid groups (broad SMARTS) is 1. The second-order valence-electron chi connectivity index (χ2n) is 4.57. The van der Waals surface area contributed by atoms with Gasteiger partial charge in [-0.1, -0.05) is 0 Å². The van der Waals surface area contributed by atoms with Crippen molar-refractivity contribution in [2.24, 2.45) is 7.05 Å². The van der Waals surface area contributed by atoms with Crippen molar-refractivity contribution in [3.8, 4) is 5.75 Å². The van der Waals surface area contributed by atoms with E-state index in [1.807, 2.05) is 0 Å². The summed E-state index contributed by atoms with van der Waals surface area (Å²) < 4.78 is 2.12. The lowest BCUT2D eigenvalue weighted by Crippen LogP contribution is -2.25. The molecule has 1 aromatic heterocycles. The van der Waals surface area contributed by atoms with Crippen LogP contribution in [-0.4, -0.2) is 26.5 Å². The van der Waals surface area contributed by atoms with Crippen LogP contribution in [0.2, 0.25) is 0 Å². The molecule has 0 spiro atoms. The Kier molecular flexibility index (Phi) is 4.31. The smallest absolute Gasteiger partial charge is 0.303 e. The number of benzene rings is 1. The molecule has 0 saturated carbocycles. The molecule has 0 saturated heterocycles. The van der Waals surface area contributed by atoms with E-state index in [0.717, 1.165) is 3.57 Å². The van der Waals surface area contributed by atoms with Crippen molar-refractivity contribution >= 4 is 45.2 Å². The SMILES string of the molecule is Cn1c(=O)c(C(=O)CCC(=O)O)c(O)c2cc(I)ccc21. The molecule has 0 aliphatic heterocycles. The first-order valence-electron chi connectivity index (χ1n) is 6.09. The van der Waals surface area contributed by atoms with Gasteiger partial charge in [0, 0.05) is 22.4 Å². The average molecular weight is 401 g/mol. The number of nitrogens with zero attached hydrogens (tertiary/aromatic N) is 1. The Labute approximate surface area is 133 Å². The number of carbonyl (C=O) groups excluding carboxylic acids is 1. The minimum Gasteiger partial charge on any atom is -0.506 e. The number of aliphatic carboxylic acids is 1. The third-order valence-electron chi connectivity index (χ3n) is 3.18. The fourth-order valence-electron chi connectivity index (χ4n) is 2.10. The Morgan fingerprint density at radius 2 is 1.95 bits per heavy atom. The molecule has 0 aliphatic rings. The van der Waals surface area contributed by atoms with Crippen molar-refractivity contribution in [2.45, 2.75) is 12.8 Å². The maximum atomic E-state index is 12.2. The third-order valence-corrected chi connectivity index (χ3v) is 3.85. The summed E-state index contributed by atoms with van der Waals surface area (Å²) in [5.41, 5.74) is -0.474. The van der Waals surface area contributed by atoms with Gasteiger partial charge < -0.3 is 14.8 Å². The van der Waals surface area contributed by atoms with Crippen molar-refractivity contribution < 1.29 is 19.8 Å². The number of ketones is 1. The van der Waals surface area contributed by atoms with Crippen LogP contribution in [-0.2, 0) is 11.8 Å². The fourth-order valence-corrected chi connectivity index (χ4v) is 2.59. The summed E-state index contributed by atoms with van der Waals surface area (Å²) in [5, 5.41) is 19.2. The zero-order valence-corrected chi connectivity index (χ0v) is 13.2. The van der Waals surface area contributed by atoms with E-state index in [2.05, 4.69) is 22.6 Å². The predicted octanol–water partition coefficient (Wildman–Crippen LogP) is 1.90. The van der Waals surface area contributed by atoms with Crippen molar-refractivity contribution in [1.29, 1.82) is 0 Å². The largest absolute Gasteiger partial charge is 0.506 e. The molecule has 6 nitrogen and oxygen atoms in total. The van der Waals surface area contributed by atoms with Crippen LogP contribution in [0.5, 0.6) is 5.75 Å². The van der Waals surface area contributed by atoms with Crippen LogP contribution in [0.4, 0.5) is 0 Å². The summed E-state index contributed by atoms with van der Waals surface area (Å²) in [7, 11) is 1.50. The van der Waals surface area contributed by atoms with E-state index in [4.69, 9.17) is 5.11 Å². The molecular formula is C14H12INO5. The zero-order chi connectivity index (χ0) is 15.7. The highest BCUT2D eigenvalue weighted by atomic mass is 127. The lowest BCUT2D eigenvalue weighted by molar-refractivity contribution is -0.136. The van der Waals surface area contributed by atoms with Gasteiger partial charge in [0.15, 0.2) is 5.78 Å². The van der Waals surface area contributed by atoms with E-state index in [0.29, 0.717) is 10.9 Å². The van der Waals surface area contributed by atoms with Crippen molar-refractivity contribution in [2.75, 3.05) is 0 Å². The highest BCUT2D eigenvalue weighted by Gasteiger charge is 2.21. The Hall–Kier alpha value is -1.90. The topological polar surface area (TPSA) is 96.6 Å². The van der Waals surface area contributed by atoms with Crippen molar-refractivity contribution in [3.05, 3.63) is 37.7 Å². The lowest BCUT2D eigenvalue weighted by Gasteiger charge is -2.11. The van der Waals surface area contributed by atoms with Crippen LogP contribution in [0.3, 0.4) is 0 Å². The summed E-state index contributed by atoms with van der Waals surface area (Å²) >= 11 is 2.06. The molecule has 0 fully saturated rings. The molecule has 0 radical (unpaired) electrons. The molecule has 1 heterocycles. The summed E-state index contributed by atoms with van der Waals surface area (Å²) in [6.07, 6.45) is -0.709. The van der Waals surface area contributed by atoms with E-state index < -0.39 is 17.3 Å². The van der Waals surface area contributed by atoms with Crippen LogP contribution >= 0.6 is 22.6 Å². The Balaban J connectivity index is 2.66. The number of carbonyl (C=O) groups is 2. The van der Waals surface area contributed by atoms with Gasteiger partial charge in [-0.05, 0) is 40.8 Å². The number of hydrogen-bond acceptors (Lipinski definition) is 4. The number of fused-ring (bicyclic) bond motifs is 1. The quantitative estimate of drug-likeness (QED) is 0.603. The highest BCUT2D eigenvalue weighted by molar-refractivity contribution is 14.1. The van der Waals surface area contributed by atoms with E-state index in [1.54, 1.807) is 18.2 Å². The van der Waals surface area contributed by atoms with Gasteiger partial charge >= 0.3 is 5.97 Å². The molecule has 0 amide bonds. The van der Waals surface area contributed by atoms with E-state index in [9.17, 15) is 19.5 Å². The zero-order valence-electron chi connectivity index (χ0n) is 11.1. The normalized spacial score (nSPS) is 10.8. The van der Waals surface area contributed by atoms with E-state index >= 15 is 0 Å². The number of halogens is 1. The van der Waals surface area contributed by atoms with Crippen LogP contribution < -0.4 is 5.56 Å². The predicted molar refractivity (Wildman–Crippen MR) is 84.8 cm³/mol. The van der Waals surface area contributed by atoms with E-state index in [-0.39, 0.29) is 24.2 Å². The van der Waals surface area contributed by atoms with E-state index in [1.165, 1.54) is 11.6 Å². The molecule has 0 bridgehead atoms. The maximum absolute atomic E-state index is 12.2. The Bertz CT molecular complexity index is 809. The van der Waals surface area contributed by atoms with Crippen LogP contribution in [0.25, 0.3) is 10.9 Å². The molecule has 2 N–H and O–H groups in total. The van der Waals surface area contributed by atoms with Gasteiger partial charge in [-0.3, -0.25) is 14.4 Å².